The molecule has 0 N–H and O–H groups in total. The minimum absolute atomic E-state index is 0.0628. The monoisotopic (exact) mass is 543 g/mol. The maximum atomic E-state index is 14.2. The molecule has 0 radical (unpaired) electrons. The lowest BCUT2D eigenvalue weighted by atomic mass is 10.1. The van der Waals surface area contributed by atoms with Crippen LogP contribution in [0.25, 0.3) is 6.08 Å². The molecule has 192 valence electrons. The molecule has 0 saturated carbocycles. The second-order valence-electron chi connectivity index (χ2n) is 7.70. The SMILES string of the molecule is COc1ccccc1OCCN1C(=O)S/C(=C\c2cccc(OC)c2OCc2c(F)cccc2Cl)C1=O. The Morgan fingerprint density at radius 1 is 0.919 bits per heavy atom. The number of hydrogen-bond acceptors (Lipinski definition) is 7. The molecule has 1 aliphatic rings. The van der Waals surface area contributed by atoms with Crippen LogP contribution in [0.1, 0.15) is 11.1 Å². The van der Waals surface area contributed by atoms with E-state index in [0.29, 0.717) is 22.8 Å². The number of methoxy groups -OCH3 is 2. The summed E-state index contributed by atoms with van der Waals surface area (Å²) in [7, 11) is 3.00. The van der Waals surface area contributed by atoms with Crippen LogP contribution < -0.4 is 18.9 Å². The first-order chi connectivity index (χ1) is 17.9. The standard InChI is InChI=1S/C27H23ClFNO6S/c1-33-21-10-3-4-11-22(21)35-14-13-30-26(31)24(37-27(30)32)15-17-7-5-12-23(34-2)25(17)36-16-18-19(28)8-6-9-20(18)29/h3-12,15H,13-14,16H2,1-2H3/b24-15-. The van der Waals surface area contributed by atoms with Crippen LogP contribution in [0.15, 0.2) is 65.6 Å². The average Bonchev–Trinajstić information content (AvgIpc) is 3.16. The van der Waals surface area contributed by atoms with Crippen molar-refractivity contribution in [3.63, 3.8) is 0 Å². The van der Waals surface area contributed by atoms with Gasteiger partial charge >= 0.3 is 0 Å². The summed E-state index contributed by atoms with van der Waals surface area (Å²) in [4.78, 5) is 26.9. The zero-order chi connectivity index (χ0) is 26.4. The number of para-hydroxylation sites is 3. The lowest BCUT2D eigenvalue weighted by Crippen LogP contribution is -2.32. The number of ether oxygens (including phenoxy) is 4. The third-order valence-electron chi connectivity index (χ3n) is 5.45. The third kappa shape index (κ3) is 6.00. The summed E-state index contributed by atoms with van der Waals surface area (Å²) >= 11 is 6.94. The minimum atomic E-state index is -0.500. The van der Waals surface area contributed by atoms with Crippen molar-refractivity contribution in [2.75, 3.05) is 27.4 Å². The second kappa shape index (κ2) is 12.0. The lowest BCUT2D eigenvalue weighted by Gasteiger charge is -2.15. The van der Waals surface area contributed by atoms with Crippen molar-refractivity contribution in [1.29, 1.82) is 0 Å². The summed E-state index contributed by atoms with van der Waals surface area (Å²) in [6.45, 7) is 0.00437. The van der Waals surface area contributed by atoms with Gasteiger partial charge in [0.2, 0.25) is 0 Å². The van der Waals surface area contributed by atoms with E-state index >= 15 is 0 Å². The Balaban J connectivity index is 1.50. The number of benzene rings is 3. The maximum Gasteiger partial charge on any atom is 0.293 e. The van der Waals surface area contributed by atoms with Crippen molar-refractivity contribution in [3.8, 4) is 23.0 Å². The zero-order valence-corrected chi connectivity index (χ0v) is 21.6. The van der Waals surface area contributed by atoms with Crippen molar-refractivity contribution < 1.29 is 32.9 Å². The van der Waals surface area contributed by atoms with Crippen LogP contribution in [-0.4, -0.2) is 43.4 Å². The van der Waals surface area contributed by atoms with Crippen LogP contribution in [0.5, 0.6) is 23.0 Å². The molecule has 3 aromatic carbocycles. The van der Waals surface area contributed by atoms with Crippen LogP contribution in [0.4, 0.5) is 9.18 Å². The van der Waals surface area contributed by atoms with Crippen molar-refractivity contribution in [2.45, 2.75) is 6.61 Å². The second-order valence-corrected chi connectivity index (χ2v) is 9.10. The topological polar surface area (TPSA) is 74.3 Å². The number of thioether (sulfide) groups is 1. The molecular formula is C27H23ClFNO6S. The summed E-state index contributed by atoms with van der Waals surface area (Å²) in [6, 6.07) is 16.6. The molecule has 0 aromatic heterocycles. The van der Waals surface area contributed by atoms with Crippen molar-refractivity contribution in [2.24, 2.45) is 0 Å². The first-order valence-corrected chi connectivity index (χ1v) is 12.4. The largest absolute Gasteiger partial charge is 0.493 e. The molecule has 0 atom stereocenters. The molecular weight excluding hydrogens is 521 g/mol. The van der Waals surface area contributed by atoms with Gasteiger partial charge < -0.3 is 18.9 Å². The fraction of sp³-hybridized carbons (Fsp3) is 0.185. The summed E-state index contributed by atoms with van der Waals surface area (Å²) in [5.41, 5.74) is 0.680. The summed E-state index contributed by atoms with van der Waals surface area (Å²) in [6.07, 6.45) is 1.55. The number of imide groups is 1. The molecule has 1 aliphatic heterocycles. The number of rotatable bonds is 10. The molecule has 10 heteroatoms. The van der Waals surface area contributed by atoms with Gasteiger partial charge in [0, 0.05) is 11.1 Å². The molecule has 7 nitrogen and oxygen atoms in total. The predicted octanol–water partition coefficient (Wildman–Crippen LogP) is 6.19. The lowest BCUT2D eigenvalue weighted by molar-refractivity contribution is -0.123. The maximum absolute atomic E-state index is 14.2. The van der Waals surface area contributed by atoms with Crippen molar-refractivity contribution >= 4 is 40.6 Å². The third-order valence-corrected chi connectivity index (χ3v) is 6.72. The Labute approximate surface area is 222 Å². The van der Waals surface area contributed by atoms with Crippen LogP contribution in [0, 0.1) is 5.82 Å². The molecule has 4 rings (SSSR count). The highest BCUT2D eigenvalue weighted by Crippen LogP contribution is 2.38. The van der Waals surface area contributed by atoms with E-state index < -0.39 is 17.0 Å². The van der Waals surface area contributed by atoms with Gasteiger partial charge in [0.05, 0.1) is 30.7 Å². The van der Waals surface area contributed by atoms with Gasteiger partial charge in [-0.05, 0) is 48.2 Å². The van der Waals surface area contributed by atoms with Gasteiger partial charge in [-0.3, -0.25) is 14.5 Å². The van der Waals surface area contributed by atoms with Gasteiger partial charge in [-0.25, -0.2) is 4.39 Å². The predicted molar refractivity (Wildman–Crippen MR) is 140 cm³/mol. The van der Waals surface area contributed by atoms with Crippen molar-refractivity contribution in [3.05, 3.63) is 87.5 Å². The van der Waals surface area contributed by atoms with E-state index in [4.69, 9.17) is 30.5 Å². The fourth-order valence-corrected chi connectivity index (χ4v) is 4.67. The van der Waals surface area contributed by atoms with Crippen LogP contribution in [0.3, 0.4) is 0 Å². The normalized spacial score (nSPS) is 14.3. The molecule has 37 heavy (non-hydrogen) atoms. The molecule has 1 heterocycles. The molecule has 2 amide bonds. The zero-order valence-electron chi connectivity index (χ0n) is 20.0. The van der Waals surface area contributed by atoms with Gasteiger partial charge in [-0.1, -0.05) is 41.9 Å². The number of amides is 2. The highest BCUT2D eigenvalue weighted by Gasteiger charge is 2.35. The van der Waals surface area contributed by atoms with Crippen LogP contribution >= 0.6 is 23.4 Å². The highest BCUT2D eigenvalue weighted by molar-refractivity contribution is 8.18. The Bertz CT molecular complexity index is 1330. The first-order valence-electron chi connectivity index (χ1n) is 11.2. The Hall–Kier alpha value is -3.69. The van der Waals surface area contributed by atoms with Gasteiger partial charge in [-0.15, -0.1) is 0 Å². The molecule has 0 unspecified atom stereocenters. The first kappa shape index (κ1) is 26.4. The number of carbonyl (C=O) groups is 2. The van der Waals surface area contributed by atoms with E-state index in [0.717, 1.165) is 16.7 Å². The number of nitrogens with zero attached hydrogens (tertiary/aromatic N) is 1. The quantitative estimate of drug-likeness (QED) is 0.282. The van der Waals surface area contributed by atoms with Crippen LogP contribution in [-0.2, 0) is 11.4 Å². The number of hydrogen-bond donors (Lipinski definition) is 0. The molecule has 1 fully saturated rings. The van der Waals surface area contributed by atoms with Gasteiger partial charge in [0.25, 0.3) is 11.1 Å². The number of carbonyl (C=O) groups excluding carboxylic acids is 2. The van der Waals surface area contributed by atoms with Gasteiger partial charge in [0.1, 0.15) is 19.0 Å². The Morgan fingerprint density at radius 2 is 1.62 bits per heavy atom. The fourth-order valence-electron chi connectivity index (χ4n) is 3.60. The minimum Gasteiger partial charge on any atom is -0.493 e. The van der Waals surface area contributed by atoms with E-state index in [1.807, 2.05) is 6.07 Å². The van der Waals surface area contributed by atoms with Gasteiger partial charge in [0.15, 0.2) is 23.0 Å². The Morgan fingerprint density at radius 3 is 2.35 bits per heavy atom. The number of halogens is 2. The highest BCUT2D eigenvalue weighted by atomic mass is 35.5. The van der Waals surface area contributed by atoms with Crippen molar-refractivity contribution in [1.82, 2.24) is 4.90 Å². The molecule has 3 aromatic rings. The van der Waals surface area contributed by atoms with Crippen LogP contribution in [0.2, 0.25) is 5.02 Å². The van der Waals surface area contributed by atoms with E-state index in [2.05, 4.69) is 0 Å². The van der Waals surface area contributed by atoms with E-state index in [9.17, 15) is 14.0 Å². The molecule has 0 aliphatic carbocycles. The summed E-state index contributed by atoms with van der Waals surface area (Å²) in [5, 5.41) is -0.184. The summed E-state index contributed by atoms with van der Waals surface area (Å²) < 4.78 is 36.5. The Kier molecular flexibility index (Phi) is 8.58. The summed E-state index contributed by atoms with van der Waals surface area (Å²) in [5.74, 6) is 0.783. The average molecular weight is 544 g/mol. The molecule has 0 bridgehead atoms. The van der Waals surface area contributed by atoms with Gasteiger partial charge in [-0.2, -0.15) is 0 Å². The van der Waals surface area contributed by atoms with E-state index in [1.54, 1.807) is 48.5 Å². The van der Waals surface area contributed by atoms with E-state index in [1.165, 1.54) is 26.4 Å². The smallest absolute Gasteiger partial charge is 0.293 e. The van der Waals surface area contributed by atoms with E-state index in [-0.39, 0.29) is 41.0 Å². The molecule has 1 saturated heterocycles. The molecule has 0 spiro atoms.